The number of alkyl halides is 3. The van der Waals surface area contributed by atoms with E-state index in [0.717, 1.165) is 16.6 Å². The van der Waals surface area contributed by atoms with Crippen LogP contribution in [0.3, 0.4) is 0 Å². The van der Waals surface area contributed by atoms with E-state index in [2.05, 4.69) is 20.9 Å². The summed E-state index contributed by atoms with van der Waals surface area (Å²) >= 11 is 4.60. The number of carbonyl (C=O) groups excluding carboxylic acids is 1. The van der Waals surface area contributed by atoms with Crippen LogP contribution in [0.4, 0.5) is 13.2 Å². The second-order valence-corrected chi connectivity index (χ2v) is 7.47. The molecule has 0 aromatic heterocycles. The van der Waals surface area contributed by atoms with Crippen molar-refractivity contribution in [2.75, 3.05) is 13.1 Å². The smallest absolute Gasteiger partial charge is 0.286 e. The van der Waals surface area contributed by atoms with Gasteiger partial charge < -0.3 is 0 Å². The number of amidine groups is 1. The molecule has 0 saturated carbocycles. The van der Waals surface area contributed by atoms with E-state index in [1.807, 2.05) is 0 Å². The average molecular weight is 443 g/mol. The van der Waals surface area contributed by atoms with Crippen LogP contribution in [-0.4, -0.2) is 29.1 Å². The van der Waals surface area contributed by atoms with E-state index in [1.54, 1.807) is 35.2 Å². The van der Waals surface area contributed by atoms with Gasteiger partial charge in [0.1, 0.15) is 0 Å². The Kier molecular flexibility index (Phi) is 5.72. The number of rotatable bonds is 3. The summed E-state index contributed by atoms with van der Waals surface area (Å²) in [5, 5.41) is 0.537. The van der Waals surface area contributed by atoms with Gasteiger partial charge >= 0.3 is 6.18 Å². The van der Waals surface area contributed by atoms with Gasteiger partial charge in [0, 0.05) is 22.3 Å². The van der Waals surface area contributed by atoms with Crippen LogP contribution in [-0.2, 0) is 11.9 Å². The molecule has 0 unspecified atom stereocenters. The molecule has 1 amide bonds. The van der Waals surface area contributed by atoms with Crippen molar-refractivity contribution in [3.63, 3.8) is 0 Å². The summed E-state index contributed by atoms with van der Waals surface area (Å²) in [5.41, 5.74) is 0.407. The molecule has 1 aliphatic rings. The number of nitrogens with zero attached hydrogens (tertiary/aromatic N) is 2. The molecule has 2 aromatic rings. The van der Waals surface area contributed by atoms with Crippen molar-refractivity contribution >= 4 is 38.8 Å². The fourth-order valence-electron chi connectivity index (χ4n) is 2.47. The number of hydrogen-bond acceptors (Lipinski definition) is 3. The summed E-state index contributed by atoms with van der Waals surface area (Å²) in [6, 6.07) is 12.2. The minimum atomic E-state index is -4.37. The zero-order chi connectivity index (χ0) is 18.7. The van der Waals surface area contributed by atoms with Crippen LogP contribution in [0.15, 0.2) is 58.0 Å². The van der Waals surface area contributed by atoms with E-state index in [0.29, 0.717) is 35.1 Å². The van der Waals surface area contributed by atoms with Gasteiger partial charge in [-0.3, -0.25) is 14.7 Å². The van der Waals surface area contributed by atoms with Gasteiger partial charge in [-0.05, 0) is 35.9 Å². The number of amides is 1. The van der Waals surface area contributed by atoms with E-state index in [-0.39, 0.29) is 5.91 Å². The highest BCUT2D eigenvalue weighted by atomic mass is 79.9. The molecule has 8 heteroatoms. The van der Waals surface area contributed by atoms with Gasteiger partial charge in [-0.1, -0.05) is 45.9 Å². The first kappa shape index (κ1) is 19.0. The molecule has 0 radical (unpaired) electrons. The van der Waals surface area contributed by atoms with Crippen molar-refractivity contribution in [2.45, 2.75) is 11.9 Å². The predicted octanol–water partition coefficient (Wildman–Crippen LogP) is 5.21. The van der Waals surface area contributed by atoms with Crippen molar-refractivity contribution in [1.29, 1.82) is 0 Å². The van der Waals surface area contributed by atoms with E-state index in [4.69, 9.17) is 0 Å². The van der Waals surface area contributed by atoms with Gasteiger partial charge in [-0.15, -0.1) is 0 Å². The van der Waals surface area contributed by atoms with Crippen molar-refractivity contribution in [2.24, 2.45) is 4.99 Å². The standard InChI is InChI=1S/C18H14BrF3N2OS/c19-15-6-4-13(5-7-15)16(25)24-9-8-23-17(24)26-11-12-2-1-3-14(10-12)18(20,21)22/h1-7,10H,8-9,11H2. The van der Waals surface area contributed by atoms with E-state index in [9.17, 15) is 18.0 Å². The average Bonchev–Trinajstić information content (AvgIpc) is 3.08. The predicted molar refractivity (Wildman–Crippen MR) is 100 cm³/mol. The van der Waals surface area contributed by atoms with Gasteiger partial charge in [-0.25, -0.2) is 0 Å². The lowest BCUT2D eigenvalue weighted by Crippen LogP contribution is -2.32. The highest BCUT2D eigenvalue weighted by Crippen LogP contribution is 2.31. The molecule has 0 spiro atoms. The van der Waals surface area contributed by atoms with Crippen molar-refractivity contribution in [3.8, 4) is 0 Å². The van der Waals surface area contributed by atoms with Crippen LogP contribution in [0.1, 0.15) is 21.5 Å². The normalized spacial score (nSPS) is 14.5. The molecular weight excluding hydrogens is 429 g/mol. The largest absolute Gasteiger partial charge is 0.416 e. The molecule has 26 heavy (non-hydrogen) atoms. The molecule has 0 fully saturated rings. The van der Waals surface area contributed by atoms with Gasteiger partial charge in [0.15, 0.2) is 5.17 Å². The summed E-state index contributed by atoms with van der Waals surface area (Å²) in [6.45, 7) is 0.965. The first-order valence-electron chi connectivity index (χ1n) is 7.75. The van der Waals surface area contributed by atoms with Gasteiger partial charge in [-0.2, -0.15) is 13.2 Å². The monoisotopic (exact) mass is 442 g/mol. The molecule has 2 aromatic carbocycles. The second-order valence-electron chi connectivity index (χ2n) is 5.61. The zero-order valence-electron chi connectivity index (χ0n) is 13.5. The van der Waals surface area contributed by atoms with Crippen molar-refractivity contribution in [1.82, 2.24) is 4.90 Å². The number of benzene rings is 2. The molecule has 1 aliphatic heterocycles. The Hall–Kier alpha value is -1.80. The number of halogens is 4. The van der Waals surface area contributed by atoms with Gasteiger partial charge in [0.05, 0.1) is 12.1 Å². The van der Waals surface area contributed by atoms with Crippen LogP contribution < -0.4 is 0 Å². The Morgan fingerprint density at radius 3 is 2.62 bits per heavy atom. The van der Waals surface area contributed by atoms with Gasteiger partial charge in [0.2, 0.25) is 0 Å². The molecule has 0 saturated heterocycles. The quantitative estimate of drug-likeness (QED) is 0.653. The maximum absolute atomic E-state index is 12.8. The minimum absolute atomic E-state index is 0.162. The van der Waals surface area contributed by atoms with Crippen molar-refractivity contribution in [3.05, 3.63) is 69.7 Å². The van der Waals surface area contributed by atoms with E-state index < -0.39 is 11.7 Å². The number of thioether (sulfide) groups is 1. The SMILES string of the molecule is O=C(c1ccc(Br)cc1)N1CCN=C1SCc1cccc(C(F)(F)F)c1. The Balaban J connectivity index is 1.68. The summed E-state index contributed by atoms with van der Waals surface area (Å²) in [6.07, 6.45) is -4.37. The van der Waals surface area contributed by atoms with Crippen LogP contribution in [0.25, 0.3) is 0 Å². The molecule has 136 valence electrons. The summed E-state index contributed by atoms with van der Waals surface area (Å²) in [7, 11) is 0. The second kappa shape index (κ2) is 7.84. The maximum atomic E-state index is 12.8. The van der Waals surface area contributed by atoms with E-state index >= 15 is 0 Å². The molecule has 0 bridgehead atoms. The first-order valence-corrected chi connectivity index (χ1v) is 9.53. The lowest BCUT2D eigenvalue weighted by atomic mass is 10.1. The zero-order valence-corrected chi connectivity index (χ0v) is 15.9. The fraction of sp³-hybridized carbons (Fsp3) is 0.222. The Morgan fingerprint density at radius 2 is 1.92 bits per heavy atom. The molecule has 0 aliphatic carbocycles. The van der Waals surface area contributed by atoms with Gasteiger partial charge in [0.25, 0.3) is 5.91 Å². The molecule has 3 nitrogen and oxygen atoms in total. The molecular formula is C18H14BrF3N2OS. The summed E-state index contributed by atoms with van der Waals surface area (Å²) < 4.78 is 39.3. The maximum Gasteiger partial charge on any atom is 0.416 e. The Bertz CT molecular complexity index is 837. The number of carbonyl (C=O) groups is 1. The van der Waals surface area contributed by atoms with Crippen LogP contribution in [0, 0.1) is 0 Å². The summed E-state index contributed by atoms with van der Waals surface area (Å²) in [5.74, 6) is 0.151. The van der Waals surface area contributed by atoms with E-state index in [1.165, 1.54) is 17.8 Å². The number of hydrogen-bond donors (Lipinski definition) is 0. The topological polar surface area (TPSA) is 32.7 Å². The Labute approximate surface area is 161 Å². The summed E-state index contributed by atoms with van der Waals surface area (Å²) in [4.78, 5) is 18.5. The third-order valence-corrected chi connectivity index (χ3v) is 5.37. The third kappa shape index (κ3) is 4.48. The van der Waals surface area contributed by atoms with Crippen LogP contribution >= 0.6 is 27.7 Å². The molecule has 3 rings (SSSR count). The molecule has 0 N–H and O–H groups in total. The van der Waals surface area contributed by atoms with Crippen molar-refractivity contribution < 1.29 is 18.0 Å². The number of aliphatic imine (C=N–C) groups is 1. The Morgan fingerprint density at radius 1 is 1.19 bits per heavy atom. The molecule has 1 heterocycles. The fourth-order valence-corrected chi connectivity index (χ4v) is 3.72. The first-order chi connectivity index (χ1) is 12.3. The third-order valence-electron chi connectivity index (χ3n) is 3.76. The lowest BCUT2D eigenvalue weighted by Gasteiger charge is -2.18. The highest BCUT2D eigenvalue weighted by Gasteiger charge is 2.30. The lowest BCUT2D eigenvalue weighted by molar-refractivity contribution is -0.137. The molecule has 0 atom stereocenters. The minimum Gasteiger partial charge on any atom is -0.286 e. The van der Waals surface area contributed by atoms with Crippen LogP contribution in [0.5, 0.6) is 0 Å². The van der Waals surface area contributed by atoms with Crippen LogP contribution in [0.2, 0.25) is 0 Å². The highest BCUT2D eigenvalue weighted by molar-refractivity contribution is 9.10.